The molecule has 1 aliphatic heterocycles. The van der Waals surface area contributed by atoms with Gasteiger partial charge in [0.05, 0.1) is 24.2 Å². The molecule has 1 aromatic heterocycles. The molecule has 1 aliphatic rings. The van der Waals surface area contributed by atoms with E-state index in [1.807, 2.05) is 18.2 Å². The maximum absolute atomic E-state index is 11.1. The van der Waals surface area contributed by atoms with E-state index >= 15 is 0 Å². The minimum absolute atomic E-state index is 0.242. The molecule has 4 nitrogen and oxygen atoms in total. The third kappa shape index (κ3) is 1.90. The number of benzene rings is 1. The number of carboxylic acid groups (broad SMARTS) is 1. The molecule has 0 saturated carbocycles. The lowest BCUT2D eigenvalue weighted by atomic mass is 9.73. The highest BCUT2D eigenvalue weighted by molar-refractivity contribution is 5.87. The van der Waals surface area contributed by atoms with Crippen LogP contribution in [0.4, 0.5) is 0 Å². The first kappa shape index (κ1) is 11.9. The number of carbonyl (C=O) groups is 1. The average Bonchev–Trinajstić information content (AvgIpc) is 2.39. The first-order valence-electron chi connectivity index (χ1n) is 6.04. The first-order chi connectivity index (χ1) is 9.22. The van der Waals surface area contributed by atoms with Gasteiger partial charge in [-0.2, -0.15) is 0 Å². The van der Waals surface area contributed by atoms with Gasteiger partial charge >= 0.3 is 5.97 Å². The molecular formula is C15H13NO3. The second-order valence-corrected chi connectivity index (χ2v) is 4.70. The van der Waals surface area contributed by atoms with Gasteiger partial charge < -0.3 is 9.84 Å². The molecule has 0 aliphatic carbocycles. The van der Waals surface area contributed by atoms with E-state index in [1.165, 1.54) is 0 Å². The van der Waals surface area contributed by atoms with Crippen LogP contribution in [0, 0.1) is 0 Å². The molecule has 1 aromatic carbocycles. The molecular weight excluding hydrogens is 242 g/mol. The van der Waals surface area contributed by atoms with E-state index in [9.17, 15) is 4.79 Å². The number of nitrogens with zero attached hydrogens (tertiary/aromatic N) is 1. The quantitative estimate of drug-likeness (QED) is 0.912. The maximum atomic E-state index is 11.1. The van der Waals surface area contributed by atoms with Crippen molar-refractivity contribution in [3.8, 4) is 0 Å². The summed E-state index contributed by atoms with van der Waals surface area (Å²) in [6, 6.07) is 11.0. The summed E-state index contributed by atoms with van der Waals surface area (Å²) in [5, 5.41) is 9.10. The summed E-state index contributed by atoms with van der Waals surface area (Å²) in [4.78, 5) is 15.1. The van der Waals surface area contributed by atoms with Crippen molar-refractivity contribution in [3.05, 3.63) is 65.5 Å². The molecule has 0 amide bonds. The number of hydrogen-bond donors (Lipinski definition) is 1. The standard InChI is InChI=1S/C15H13NO3/c17-14(18)11-2-1-3-13(8-11)15(9-19-10-15)12-4-6-16-7-5-12/h1-8H,9-10H2,(H,17,18). The van der Waals surface area contributed by atoms with Crippen LogP contribution in [0.5, 0.6) is 0 Å². The van der Waals surface area contributed by atoms with E-state index in [0.717, 1.165) is 11.1 Å². The van der Waals surface area contributed by atoms with Gasteiger partial charge in [-0.05, 0) is 35.4 Å². The van der Waals surface area contributed by atoms with Gasteiger partial charge in [0.25, 0.3) is 0 Å². The molecule has 0 unspecified atom stereocenters. The summed E-state index contributed by atoms with van der Waals surface area (Å²) < 4.78 is 5.38. The van der Waals surface area contributed by atoms with Crippen LogP contribution in [0.25, 0.3) is 0 Å². The van der Waals surface area contributed by atoms with Crippen molar-refractivity contribution in [2.45, 2.75) is 5.41 Å². The minimum Gasteiger partial charge on any atom is -0.478 e. The van der Waals surface area contributed by atoms with Gasteiger partial charge in [0.15, 0.2) is 0 Å². The number of aromatic nitrogens is 1. The van der Waals surface area contributed by atoms with Crippen molar-refractivity contribution < 1.29 is 14.6 Å². The first-order valence-corrected chi connectivity index (χ1v) is 6.04. The van der Waals surface area contributed by atoms with Crippen molar-refractivity contribution in [3.63, 3.8) is 0 Å². The molecule has 4 heteroatoms. The molecule has 1 saturated heterocycles. The Kier molecular flexibility index (Phi) is 2.80. The lowest BCUT2D eigenvalue weighted by Gasteiger charge is -2.42. The summed E-state index contributed by atoms with van der Waals surface area (Å²) in [5.41, 5.74) is 2.15. The lowest BCUT2D eigenvalue weighted by Crippen LogP contribution is -2.47. The Hall–Kier alpha value is -2.20. The summed E-state index contributed by atoms with van der Waals surface area (Å²) in [6.07, 6.45) is 3.49. The van der Waals surface area contributed by atoms with E-state index in [-0.39, 0.29) is 5.41 Å². The van der Waals surface area contributed by atoms with Gasteiger partial charge in [-0.15, -0.1) is 0 Å². The molecule has 1 fully saturated rings. The zero-order valence-electron chi connectivity index (χ0n) is 10.2. The monoisotopic (exact) mass is 255 g/mol. The highest BCUT2D eigenvalue weighted by Gasteiger charge is 2.42. The van der Waals surface area contributed by atoms with Crippen LogP contribution in [-0.4, -0.2) is 29.3 Å². The fraction of sp³-hybridized carbons (Fsp3) is 0.200. The third-order valence-electron chi connectivity index (χ3n) is 3.59. The number of hydrogen-bond acceptors (Lipinski definition) is 3. The predicted molar refractivity (Wildman–Crippen MR) is 69.2 cm³/mol. The third-order valence-corrected chi connectivity index (χ3v) is 3.59. The highest BCUT2D eigenvalue weighted by atomic mass is 16.5. The molecule has 2 heterocycles. The smallest absolute Gasteiger partial charge is 0.335 e. The second kappa shape index (κ2) is 4.48. The molecule has 96 valence electrons. The van der Waals surface area contributed by atoms with Gasteiger partial charge in [0.1, 0.15) is 0 Å². The Labute approximate surface area is 110 Å². The van der Waals surface area contributed by atoms with Gasteiger partial charge in [0.2, 0.25) is 0 Å². The number of aromatic carboxylic acids is 1. The Morgan fingerprint density at radius 1 is 1.16 bits per heavy atom. The zero-order valence-corrected chi connectivity index (χ0v) is 10.2. The number of ether oxygens (including phenoxy) is 1. The summed E-state index contributed by atoms with van der Waals surface area (Å²) in [7, 11) is 0. The maximum Gasteiger partial charge on any atom is 0.335 e. The van der Waals surface area contributed by atoms with Gasteiger partial charge in [-0.25, -0.2) is 4.79 Å². The van der Waals surface area contributed by atoms with Crippen LogP contribution in [0.3, 0.4) is 0 Å². The fourth-order valence-electron chi connectivity index (χ4n) is 2.43. The van der Waals surface area contributed by atoms with E-state index in [0.29, 0.717) is 18.8 Å². The average molecular weight is 255 g/mol. The number of carboxylic acids is 1. The van der Waals surface area contributed by atoms with Crippen LogP contribution in [0.15, 0.2) is 48.8 Å². The molecule has 19 heavy (non-hydrogen) atoms. The van der Waals surface area contributed by atoms with Crippen molar-refractivity contribution in [2.24, 2.45) is 0 Å². The van der Waals surface area contributed by atoms with Crippen LogP contribution >= 0.6 is 0 Å². The van der Waals surface area contributed by atoms with Crippen molar-refractivity contribution in [1.82, 2.24) is 4.98 Å². The molecule has 0 radical (unpaired) electrons. The van der Waals surface area contributed by atoms with E-state index < -0.39 is 5.97 Å². The Bertz CT molecular complexity index is 606. The summed E-state index contributed by atoms with van der Waals surface area (Å²) in [6.45, 7) is 1.14. The summed E-state index contributed by atoms with van der Waals surface area (Å²) in [5.74, 6) is -0.910. The molecule has 0 atom stereocenters. The second-order valence-electron chi connectivity index (χ2n) is 4.70. The summed E-state index contributed by atoms with van der Waals surface area (Å²) >= 11 is 0. The van der Waals surface area contributed by atoms with Crippen molar-refractivity contribution in [2.75, 3.05) is 13.2 Å². The van der Waals surface area contributed by atoms with Gasteiger partial charge in [-0.3, -0.25) is 4.98 Å². The SMILES string of the molecule is O=C(O)c1cccc(C2(c3ccncc3)COC2)c1. The van der Waals surface area contributed by atoms with Crippen LogP contribution < -0.4 is 0 Å². The Balaban J connectivity index is 2.08. The lowest BCUT2D eigenvalue weighted by molar-refractivity contribution is -0.0380. The molecule has 1 N–H and O–H groups in total. The highest BCUT2D eigenvalue weighted by Crippen LogP contribution is 2.39. The van der Waals surface area contributed by atoms with Gasteiger partial charge in [0, 0.05) is 12.4 Å². The van der Waals surface area contributed by atoms with Crippen molar-refractivity contribution in [1.29, 1.82) is 0 Å². The van der Waals surface area contributed by atoms with Crippen LogP contribution in [0.2, 0.25) is 0 Å². The molecule has 3 rings (SSSR count). The number of pyridine rings is 1. The topological polar surface area (TPSA) is 59.4 Å². The predicted octanol–water partition coefficient (Wildman–Crippen LogP) is 2.10. The van der Waals surface area contributed by atoms with Gasteiger partial charge in [-0.1, -0.05) is 12.1 Å². The molecule has 0 spiro atoms. The minimum atomic E-state index is -0.910. The van der Waals surface area contributed by atoms with Crippen LogP contribution in [-0.2, 0) is 10.2 Å². The Morgan fingerprint density at radius 2 is 1.89 bits per heavy atom. The van der Waals surface area contributed by atoms with E-state index in [2.05, 4.69) is 4.98 Å². The molecule has 2 aromatic rings. The largest absolute Gasteiger partial charge is 0.478 e. The van der Waals surface area contributed by atoms with E-state index in [4.69, 9.17) is 9.84 Å². The van der Waals surface area contributed by atoms with E-state index in [1.54, 1.807) is 30.6 Å². The van der Waals surface area contributed by atoms with Crippen molar-refractivity contribution >= 4 is 5.97 Å². The molecule has 0 bridgehead atoms. The number of rotatable bonds is 3. The normalized spacial score (nSPS) is 16.6. The Morgan fingerprint density at radius 3 is 2.47 bits per heavy atom. The van der Waals surface area contributed by atoms with Crippen LogP contribution in [0.1, 0.15) is 21.5 Å². The fourth-order valence-corrected chi connectivity index (χ4v) is 2.43. The zero-order chi connectivity index (χ0) is 13.3.